The van der Waals surface area contributed by atoms with Gasteiger partial charge in [0, 0.05) is 57.6 Å². The number of pyridine rings is 1. The number of hydrogen-bond acceptors (Lipinski definition) is 4. The molecule has 0 amide bonds. The number of hydrogen-bond donors (Lipinski definition) is 3. The average molecular weight is 443 g/mol. The van der Waals surface area contributed by atoms with Gasteiger partial charge in [-0.3, -0.25) is 4.98 Å². The van der Waals surface area contributed by atoms with Crippen LogP contribution in [0.4, 0.5) is 10.1 Å². The lowest BCUT2D eigenvalue weighted by molar-refractivity contribution is 0.657. The Morgan fingerprint density at radius 3 is 2.81 bits per heavy atom. The normalized spacial score (nSPS) is 16.1. The number of H-pyrrole nitrogens is 1. The van der Waals surface area contributed by atoms with Crippen molar-refractivity contribution in [2.24, 2.45) is 0 Å². The summed E-state index contributed by atoms with van der Waals surface area (Å²) in [5.74, 6) is 0. The molecule has 6 heteroatoms. The van der Waals surface area contributed by atoms with Crippen molar-refractivity contribution in [1.82, 2.24) is 15.3 Å². The first-order valence-electron chi connectivity index (χ1n) is 10.9. The lowest BCUT2D eigenvalue weighted by atomic mass is 9.89. The standard InChI is InChI=1S/C26H23FN4S/c1-15-12-30-21-3-2-17(16-6-8-28-9-7-16)10-19(21)26(15)22-11-18-20(13-29-14-23(18)31-22)24-4-5-25(27)32-24/h2-6,10-11,13-14,28,30-31H,7-9,12H2,1H3. The second-order valence-corrected chi connectivity index (χ2v) is 9.42. The summed E-state index contributed by atoms with van der Waals surface area (Å²) in [5.41, 5.74) is 10.6. The summed E-state index contributed by atoms with van der Waals surface area (Å²) >= 11 is 1.15. The predicted octanol–water partition coefficient (Wildman–Crippen LogP) is 6.05. The van der Waals surface area contributed by atoms with Crippen molar-refractivity contribution in [1.29, 1.82) is 0 Å². The van der Waals surface area contributed by atoms with Crippen LogP contribution in [0.25, 0.3) is 32.5 Å². The van der Waals surface area contributed by atoms with Gasteiger partial charge >= 0.3 is 0 Å². The third-order valence-corrected chi connectivity index (χ3v) is 7.26. The number of nitrogens with zero attached hydrogens (tertiary/aromatic N) is 1. The monoisotopic (exact) mass is 442 g/mol. The molecule has 0 aliphatic carbocycles. The minimum absolute atomic E-state index is 0.182. The number of halogens is 1. The van der Waals surface area contributed by atoms with Gasteiger partial charge in [0.1, 0.15) is 0 Å². The van der Waals surface area contributed by atoms with E-state index in [0.717, 1.165) is 70.1 Å². The van der Waals surface area contributed by atoms with E-state index in [-0.39, 0.29) is 5.13 Å². The highest BCUT2D eigenvalue weighted by molar-refractivity contribution is 7.14. The highest BCUT2D eigenvalue weighted by atomic mass is 32.1. The quantitative estimate of drug-likeness (QED) is 0.362. The van der Waals surface area contributed by atoms with Crippen molar-refractivity contribution in [2.75, 3.05) is 25.0 Å². The maximum Gasteiger partial charge on any atom is 0.176 e. The zero-order valence-electron chi connectivity index (χ0n) is 17.8. The number of aromatic amines is 1. The number of rotatable bonds is 3. The molecule has 0 atom stereocenters. The molecule has 5 heterocycles. The van der Waals surface area contributed by atoms with Crippen LogP contribution in [0.15, 0.2) is 60.4 Å². The summed E-state index contributed by atoms with van der Waals surface area (Å²) in [4.78, 5) is 8.89. The molecule has 0 fully saturated rings. The topological polar surface area (TPSA) is 52.7 Å². The molecule has 1 aromatic carbocycles. The number of thiophene rings is 1. The molecule has 2 aliphatic rings. The van der Waals surface area contributed by atoms with Crippen LogP contribution in [0.3, 0.4) is 0 Å². The van der Waals surface area contributed by atoms with Crippen LogP contribution >= 0.6 is 11.3 Å². The average Bonchev–Trinajstić information content (AvgIpc) is 3.45. The fourth-order valence-corrected chi connectivity index (χ4v) is 5.51. The Balaban J connectivity index is 1.49. The number of anilines is 1. The van der Waals surface area contributed by atoms with Crippen LogP contribution < -0.4 is 10.6 Å². The molecular formula is C26H23FN4S. The predicted molar refractivity (Wildman–Crippen MR) is 131 cm³/mol. The fraction of sp³-hybridized carbons (Fsp3) is 0.192. The highest BCUT2D eigenvalue weighted by Crippen LogP contribution is 2.40. The number of nitrogens with one attached hydrogen (secondary N) is 3. The van der Waals surface area contributed by atoms with Crippen LogP contribution in [0.2, 0.25) is 0 Å². The van der Waals surface area contributed by atoms with Crippen LogP contribution in [0.5, 0.6) is 0 Å². The van der Waals surface area contributed by atoms with Crippen molar-refractivity contribution in [2.45, 2.75) is 13.3 Å². The molecule has 0 saturated heterocycles. The molecule has 4 aromatic rings. The molecule has 3 N–H and O–H groups in total. The van der Waals surface area contributed by atoms with Gasteiger partial charge in [-0.1, -0.05) is 12.1 Å². The fourth-order valence-electron chi connectivity index (χ4n) is 4.75. The Labute approximate surface area is 189 Å². The van der Waals surface area contributed by atoms with E-state index in [4.69, 9.17) is 0 Å². The SMILES string of the molecule is CC1=C(c2cc3c(-c4ccc(F)s4)cncc3[nH]2)c2cc(C3=CCNCC3)ccc2NC1. The van der Waals surface area contributed by atoms with Crippen LogP contribution in [-0.2, 0) is 0 Å². The van der Waals surface area contributed by atoms with Gasteiger partial charge in [-0.05, 0) is 66.9 Å². The Morgan fingerprint density at radius 2 is 2.00 bits per heavy atom. The van der Waals surface area contributed by atoms with E-state index in [1.54, 1.807) is 0 Å². The van der Waals surface area contributed by atoms with E-state index < -0.39 is 0 Å². The van der Waals surface area contributed by atoms with Crippen molar-refractivity contribution in [3.8, 4) is 10.4 Å². The van der Waals surface area contributed by atoms with Crippen LogP contribution in [0.1, 0.15) is 30.2 Å². The van der Waals surface area contributed by atoms with Gasteiger partial charge in [0.2, 0.25) is 0 Å². The van der Waals surface area contributed by atoms with Crippen LogP contribution in [-0.4, -0.2) is 29.6 Å². The number of aromatic nitrogens is 2. The van der Waals surface area contributed by atoms with Gasteiger partial charge in [0.05, 0.1) is 11.7 Å². The summed E-state index contributed by atoms with van der Waals surface area (Å²) in [6, 6.07) is 12.3. The molecule has 2 aliphatic heterocycles. The first kappa shape index (κ1) is 19.5. The molecule has 0 saturated carbocycles. The largest absolute Gasteiger partial charge is 0.381 e. The van der Waals surface area contributed by atoms with E-state index in [1.807, 2.05) is 18.5 Å². The third-order valence-electron chi connectivity index (χ3n) is 6.35. The minimum atomic E-state index is -0.182. The van der Waals surface area contributed by atoms with Gasteiger partial charge in [-0.15, -0.1) is 11.3 Å². The molecule has 4 nitrogen and oxygen atoms in total. The summed E-state index contributed by atoms with van der Waals surface area (Å²) < 4.78 is 13.7. The van der Waals surface area contributed by atoms with Gasteiger partial charge in [-0.25, -0.2) is 0 Å². The number of benzene rings is 1. The molecule has 160 valence electrons. The van der Waals surface area contributed by atoms with Crippen molar-refractivity contribution in [3.63, 3.8) is 0 Å². The van der Waals surface area contributed by atoms with Crippen molar-refractivity contribution in [3.05, 3.63) is 82.4 Å². The molecule has 0 radical (unpaired) electrons. The Kier molecular flexibility index (Phi) is 4.70. The van der Waals surface area contributed by atoms with Gasteiger partial charge in [-0.2, -0.15) is 4.39 Å². The van der Waals surface area contributed by atoms with Gasteiger partial charge in [0.15, 0.2) is 5.13 Å². The van der Waals surface area contributed by atoms with Gasteiger partial charge < -0.3 is 15.6 Å². The Morgan fingerprint density at radius 1 is 1.06 bits per heavy atom. The highest BCUT2D eigenvalue weighted by Gasteiger charge is 2.22. The summed E-state index contributed by atoms with van der Waals surface area (Å²) in [5, 5.41) is 7.83. The summed E-state index contributed by atoms with van der Waals surface area (Å²) in [7, 11) is 0. The van der Waals surface area contributed by atoms with E-state index in [9.17, 15) is 4.39 Å². The Hall–Kier alpha value is -3.22. The minimum Gasteiger partial charge on any atom is -0.381 e. The maximum atomic E-state index is 13.7. The zero-order valence-corrected chi connectivity index (χ0v) is 18.6. The van der Waals surface area contributed by atoms with E-state index in [0.29, 0.717) is 0 Å². The second kappa shape index (κ2) is 7.73. The molecule has 3 aromatic heterocycles. The molecule has 0 unspecified atom stereocenters. The lowest BCUT2D eigenvalue weighted by Gasteiger charge is -2.24. The summed E-state index contributed by atoms with van der Waals surface area (Å²) in [6.45, 7) is 4.93. The van der Waals surface area contributed by atoms with Crippen molar-refractivity contribution >= 4 is 39.1 Å². The first-order chi connectivity index (χ1) is 15.7. The van der Waals surface area contributed by atoms with E-state index in [2.05, 4.69) is 57.9 Å². The molecule has 0 bridgehead atoms. The first-order valence-corrected chi connectivity index (χ1v) is 11.7. The van der Waals surface area contributed by atoms with E-state index >= 15 is 0 Å². The van der Waals surface area contributed by atoms with Crippen molar-refractivity contribution < 1.29 is 4.39 Å². The van der Waals surface area contributed by atoms with Crippen LogP contribution in [0, 0.1) is 5.13 Å². The molecule has 32 heavy (non-hydrogen) atoms. The number of fused-ring (bicyclic) bond motifs is 2. The smallest absolute Gasteiger partial charge is 0.176 e. The zero-order chi connectivity index (χ0) is 21.7. The van der Waals surface area contributed by atoms with E-state index in [1.165, 1.54) is 33.9 Å². The second-order valence-electron chi connectivity index (χ2n) is 8.39. The third kappa shape index (κ3) is 3.27. The summed E-state index contributed by atoms with van der Waals surface area (Å²) in [6.07, 6.45) is 7.01. The molecule has 0 spiro atoms. The lowest BCUT2D eigenvalue weighted by Crippen LogP contribution is -2.20. The maximum absolute atomic E-state index is 13.7. The Bertz CT molecular complexity index is 1410. The van der Waals surface area contributed by atoms with Gasteiger partial charge in [0.25, 0.3) is 0 Å². The molecule has 6 rings (SSSR count). The molecular weight excluding hydrogens is 419 g/mol.